The molecule has 4 nitrogen and oxygen atoms in total. The highest BCUT2D eigenvalue weighted by atomic mass is 16.2. The normalized spacial score (nSPS) is 11.5. The van der Waals surface area contributed by atoms with Crippen molar-refractivity contribution in [1.82, 2.24) is 0 Å². The van der Waals surface area contributed by atoms with Gasteiger partial charge in [0, 0.05) is 5.69 Å². The number of aryl methyl sites for hydroxylation is 2. The Hall–Kier alpha value is -3.66. The largest absolute Gasteiger partial charge is 0.398 e. The smallest absolute Gasteiger partial charge is 0.296 e. The zero-order valence-corrected chi connectivity index (χ0v) is 15.9. The fraction of sp³-hybridized carbons (Fsp3) is 0.0833. The second-order valence-corrected chi connectivity index (χ2v) is 6.57. The first-order valence-electron chi connectivity index (χ1n) is 9.01. The van der Waals surface area contributed by atoms with Crippen LogP contribution >= 0.6 is 0 Å². The van der Waals surface area contributed by atoms with Crippen LogP contribution in [0.3, 0.4) is 0 Å². The molecule has 3 rings (SSSR count). The van der Waals surface area contributed by atoms with Gasteiger partial charge in [-0.05, 0) is 36.1 Å². The minimum atomic E-state index is -0.713. The summed E-state index contributed by atoms with van der Waals surface area (Å²) in [5, 5.41) is 2.76. The lowest BCUT2D eigenvalue weighted by atomic mass is 9.95. The van der Waals surface area contributed by atoms with Crippen LogP contribution in [0.5, 0.6) is 0 Å². The molecule has 0 fully saturated rings. The minimum absolute atomic E-state index is 0.190. The molecule has 3 aromatic carbocycles. The fourth-order valence-electron chi connectivity index (χ4n) is 3.07. The number of nitrogens with one attached hydrogen (secondary N) is 1. The van der Waals surface area contributed by atoms with E-state index >= 15 is 0 Å². The molecular formula is C24H22N2O2. The van der Waals surface area contributed by atoms with Crippen LogP contribution < -0.4 is 11.1 Å². The molecule has 28 heavy (non-hydrogen) atoms. The van der Waals surface area contributed by atoms with Crippen molar-refractivity contribution in [2.75, 3.05) is 5.32 Å². The van der Waals surface area contributed by atoms with Gasteiger partial charge < -0.3 is 11.1 Å². The van der Waals surface area contributed by atoms with Crippen molar-refractivity contribution in [2.45, 2.75) is 13.8 Å². The summed E-state index contributed by atoms with van der Waals surface area (Å²) in [6.07, 6.45) is 0. The van der Waals surface area contributed by atoms with Gasteiger partial charge in [0.25, 0.3) is 11.7 Å². The maximum absolute atomic E-state index is 13.1. The van der Waals surface area contributed by atoms with Crippen molar-refractivity contribution in [1.29, 1.82) is 0 Å². The van der Waals surface area contributed by atoms with Crippen molar-refractivity contribution < 1.29 is 9.59 Å². The van der Waals surface area contributed by atoms with E-state index in [2.05, 4.69) is 5.32 Å². The standard InChI is InChI=1S/C24H22N2O2/c1-16-10-9-11-17(2)22(16)26-24(28)23(27)20(18-12-5-3-6-13-18)21(25)19-14-7-4-8-15-19/h3-15H,25H2,1-2H3,(H,26,28)/b21-20+. The molecule has 0 aliphatic rings. The highest BCUT2D eigenvalue weighted by Gasteiger charge is 2.24. The van der Waals surface area contributed by atoms with Crippen molar-refractivity contribution in [3.63, 3.8) is 0 Å². The lowest BCUT2D eigenvalue weighted by Gasteiger charge is -2.14. The number of rotatable bonds is 5. The molecule has 140 valence electrons. The van der Waals surface area contributed by atoms with Gasteiger partial charge in [-0.3, -0.25) is 9.59 Å². The minimum Gasteiger partial charge on any atom is -0.398 e. The summed E-state index contributed by atoms with van der Waals surface area (Å²) in [6, 6.07) is 23.9. The molecule has 0 aliphatic heterocycles. The summed E-state index contributed by atoms with van der Waals surface area (Å²) in [5.74, 6) is -1.38. The van der Waals surface area contributed by atoms with Crippen LogP contribution in [0.25, 0.3) is 11.3 Å². The van der Waals surface area contributed by atoms with Crippen LogP contribution in [0.2, 0.25) is 0 Å². The van der Waals surface area contributed by atoms with Crippen LogP contribution in [0.15, 0.2) is 78.9 Å². The Kier molecular flexibility index (Phi) is 5.70. The topological polar surface area (TPSA) is 72.2 Å². The lowest BCUT2D eigenvalue weighted by molar-refractivity contribution is -0.131. The van der Waals surface area contributed by atoms with E-state index in [9.17, 15) is 9.59 Å². The van der Waals surface area contributed by atoms with Gasteiger partial charge in [-0.2, -0.15) is 0 Å². The summed E-state index contributed by atoms with van der Waals surface area (Å²) < 4.78 is 0. The molecule has 0 unspecified atom stereocenters. The number of anilines is 1. The number of para-hydroxylation sites is 1. The predicted molar refractivity (Wildman–Crippen MR) is 113 cm³/mol. The number of amides is 1. The SMILES string of the molecule is Cc1cccc(C)c1NC(=O)C(=O)/C(=C(/N)c1ccccc1)c1ccccc1. The maximum atomic E-state index is 13.1. The Morgan fingerprint density at radius 2 is 1.21 bits per heavy atom. The number of carbonyl (C=O) groups is 2. The van der Waals surface area contributed by atoms with Crippen molar-refractivity contribution >= 4 is 28.6 Å². The highest BCUT2D eigenvalue weighted by Crippen LogP contribution is 2.25. The predicted octanol–water partition coefficient (Wildman–Crippen LogP) is 4.34. The van der Waals surface area contributed by atoms with E-state index in [1.807, 2.05) is 80.6 Å². The second kappa shape index (κ2) is 8.35. The Bertz CT molecular complexity index is 1020. The van der Waals surface area contributed by atoms with Gasteiger partial charge in [-0.1, -0.05) is 78.9 Å². The van der Waals surface area contributed by atoms with Crippen LogP contribution in [-0.2, 0) is 9.59 Å². The third-order valence-corrected chi connectivity index (χ3v) is 4.57. The summed E-state index contributed by atoms with van der Waals surface area (Å²) >= 11 is 0. The average Bonchev–Trinajstić information content (AvgIpc) is 2.72. The van der Waals surface area contributed by atoms with Gasteiger partial charge in [-0.25, -0.2) is 0 Å². The number of Topliss-reactive ketones (excluding diaryl/α,β-unsaturated/α-hetero) is 1. The Morgan fingerprint density at radius 3 is 1.75 bits per heavy atom. The van der Waals surface area contributed by atoms with Gasteiger partial charge in [0.05, 0.1) is 11.3 Å². The lowest BCUT2D eigenvalue weighted by Crippen LogP contribution is -2.26. The molecule has 0 radical (unpaired) electrons. The van der Waals surface area contributed by atoms with E-state index in [1.54, 1.807) is 12.1 Å². The molecule has 0 spiro atoms. The summed E-state index contributed by atoms with van der Waals surface area (Å²) in [4.78, 5) is 26.0. The Labute approximate surface area is 164 Å². The van der Waals surface area contributed by atoms with E-state index in [0.717, 1.165) is 11.1 Å². The van der Waals surface area contributed by atoms with Crippen molar-refractivity contribution in [2.24, 2.45) is 5.73 Å². The number of benzene rings is 3. The molecule has 0 aliphatic carbocycles. The molecule has 1 amide bonds. The summed E-state index contributed by atoms with van der Waals surface area (Å²) in [5.41, 5.74) is 10.5. The second-order valence-electron chi connectivity index (χ2n) is 6.57. The monoisotopic (exact) mass is 370 g/mol. The number of nitrogens with two attached hydrogens (primary N) is 1. The quantitative estimate of drug-likeness (QED) is 0.399. The third kappa shape index (κ3) is 4.01. The first kappa shape index (κ1) is 19.1. The van der Waals surface area contributed by atoms with Gasteiger partial charge >= 0.3 is 0 Å². The zero-order valence-electron chi connectivity index (χ0n) is 15.9. The van der Waals surface area contributed by atoms with Crippen LogP contribution in [0.1, 0.15) is 22.3 Å². The first-order chi connectivity index (χ1) is 13.5. The van der Waals surface area contributed by atoms with E-state index in [1.165, 1.54) is 0 Å². The number of hydrogen-bond acceptors (Lipinski definition) is 3. The number of carbonyl (C=O) groups excluding carboxylic acids is 2. The van der Waals surface area contributed by atoms with Crippen molar-refractivity contribution in [3.05, 3.63) is 101 Å². The maximum Gasteiger partial charge on any atom is 0.296 e. The van der Waals surface area contributed by atoms with Crippen LogP contribution in [0, 0.1) is 13.8 Å². The Morgan fingerprint density at radius 1 is 0.714 bits per heavy atom. The number of ketones is 1. The molecule has 3 N–H and O–H groups in total. The molecule has 0 saturated carbocycles. The van der Waals surface area contributed by atoms with Crippen LogP contribution in [-0.4, -0.2) is 11.7 Å². The Balaban J connectivity index is 2.04. The molecule has 0 bridgehead atoms. The highest BCUT2D eigenvalue weighted by molar-refractivity contribution is 6.58. The molecule has 0 saturated heterocycles. The zero-order chi connectivity index (χ0) is 20.1. The molecule has 0 atom stereocenters. The molecule has 0 aromatic heterocycles. The van der Waals surface area contributed by atoms with Gasteiger partial charge in [0.15, 0.2) is 0 Å². The third-order valence-electron chi connectivity index (χ3n) is 4.57. The molecule has 4 heteroatoms. The molecule has 3 aromatic rings. The van der Waals surface area contributed by atoms with E-state index in [4.69, 9.17) is 5.73 Å². The van der Waals surface area contributed by atoms with Gasteiger partial charge in [-0.15, -0.1) is 0 Å². The summed E-state index contributed by atoms with van der Waals surface area (Å²) in [7, 11) is 0. The van der Waals surface area contributed by atoms with E-state index in [0.29, 0.717) is 16.8 Å². The fourth-order valence-corrected chi connectivity index (χ4v) is 3.07. The molecular weight excluding hydrogens is 348 g/mol. The van der Waals surface area contributed by atoms with E-state index < -0.39 is 11.7 Å². The number of hydrogen-bond donors (Lipinski definition) is 2. The van der Waals surface area contributed by atoms with Gasteiger partial charge in [0.2, 0.25) is 0 Å². The molecule has 0 heterocycles. The van der Waals surface area contributed by atoms with E-state index in [-0.39, 0.29) is 11.3 Å². The average molecular weight is 370 g/mol. The van der Waals surface area contributed by atoms with Gasteiger partial charge in [0.1, 0.15) is 0 Å². The van der Waals surface area contributed by atoms with Crippen LogP contribution in [0.4, 0.5) is 5.69 Å². The first-order valence-corrected chi connectivity index (χ1v) is 9.01. The summed E-state index contributed by atoms with van der Waals surface area (Å²) in [6.45, 7) is 3.78. The van der Waals surface area contributed by atoms with Crippen molar-refractivity contribution in [3.8, 4) is 0 Å².